The van der Waals surface area contributed by atoms with E-state index in [2.05, 4.69) is 24.3 Å². The summed E-state index contributed by atoms with van der Waals surface area (Å²) in [6.07, 6.45) is 4.25. The first-order valence-corrected chi connectivity index (χ1v) is 11.7. The van der Waals surface area contributed by atoms with E-state index in [1.807, 2.05) is 42.5 Å². The van der Waals surface area contributed by atoms with Gasteiger partial charge < -0.3 is 14.3 Å². The molecule has 4 heteroatoms. The molecule has 0 aliphatic carbocycles. The molecule has 1 N–H and O–H groups in total. The maximum Gasteiger partial charge on any atom is 0.137 e. The Kier molecular flexibility index (Phi) is 7.56. The summed E-state index contributed by atoms with van der Waals surface area (Å²) in [6, 6.07) is 25.1. The van der Waals surface area contributed by atoms with Crippen molar-refractivity contribution in [1.29, 1.82) is 0 Å². The minimum Gasteiger partial charge on any atom is -0.491 e. The Balaban J connectivity index is 1.37. The molecule has 3 aromatic rings. The van der Waals surface area contributed by atoms with E-state index in [9.17, 15) is 9.50 Å². The number of ether oxygens (including phenoxy) is 1. The number of halogens is 1. The number of quaternary nitrogens is 1. The maximum atomic E-state index is 13.4. The molecule has 1 atom stereocenters. The fourth-order valence-corrected chi connectivity index (χ4v) is 4.81. The van der Waals surface area contributed by atoms with Crippen LogP contribution in [0.5, 0.6) is 5.75 Å². The highest BCUT2D eigenvalue weighted by Crippen LogP contribution is 2.25. The van der Waals surface area contributed by atoms with Crippen molar-refractivity contribution in [1.82, 2.24) is 0 Å². The van der Waals surface area contributed by atoms with Gasteiger partial charge in [-0.3, -0.25) is 0 Å². The number of likely N-dealkylation sites (tertiary alicyclic amines) is 1. The van der Waals surface area contributed by atoms with Crippen LogP contribution in [0.2, 0.25) is 0 Å². The largest absolute Gasteiger partial charge is 0.491 e. The highest BCUT2D eigenvalue weighted by Gasteiger charge is 2.32. The second-order valence-electron chi connectivity index (χ2n) is 9.03. The number of hydrogen-bond acceptors (Lipinski definition) is 2. The maximum absolute atomic E-state index is 13.4. The zero-order valence-electron chi connectivity index (χ0n) is 18.6. The minimum atomic E-state index is -0.553. The molecule has 0 spiro atoms. The van der Waals surface area contributed by atoms with Crippen molar-refractivity contribution in [2.75, 3.05) is 26.2 Å². The Bertz CT molecular complexity index is 949. The predicted molar refractivity (Wildman–Crippen MR) is 127 cm³/mol. The monoisotopic (exact) mass is 434 g/mol. The summed E-state index contributed by atoms with van der Waals surface area (Å²) in [4.78, 5) is 0. The quantitative estimate of drug-likeness (QED) is 0.453. The molecular formula is C28H33FNO2+. The van der Waals surface area contributed by atoms with Crippen molar-refractivity contribution in [2.24, 2.45) is 0 Å². The molecule has 1 heterocycles. The highest BCUT2D eigenvalue weighted by molar-refractivity contribution is 5.63. The van der Waals surface area contributed by atoms with Gasteiger partial charge in [0.25, 0.3) is 0 Å². The van der Waals surface area contributed by atoms with Crippen LogP contribution in [0.1, 0.15) is 31.2 Å². The molecule has 0 unspecified atom stereocenters. The average molecular weight is 435 g/mol. The SMILES string of the molecule is O[C@H](COc1ccc(-c2ccccc2)cc1)C[N+]1(Cc2ccc(F)cc2)CCCCCC1. The summed E-state index contributed by atoms with van der Waals surface area (Å²) in [5.74, 6) is 0.563. The van der Waals surface area contributed by atoms with E-state index in [1.165, 1.54) is 30.5 Å². The summed E-state index contributed by atoms with van der Waals surface area (Å²) in [7, 11) is 0. The van der Waals surface area contributed by atoms with Gasteiger partial charge in [-0.15, -0.1) is 0 Å². The molecule has 4 rings (SSSR count). The molecule has 32 heavy (non-hydrogen) atoms. The van der Waals surface area contributed by atoms with Crippen LogP contribution in [0.25, 0.3) is 11.1 Å². The summed E-state index contributed by atoms with van der Waals surface area (Å²) >= 11 is 0. The van der Waals surface area contributed by atoms with Gasteiger partial charge >= 0.3 is 0 Å². The van der Waals surface area contributed by atoms with Crippen LogP contribution in [-0.4, -0.2) is 41.9 Å². The number of hydrogen-bond donors (Lipinski definition) is 1. The lowest BCUT2D eigenvalue weighted by molar-refractivity contribution is -0.942. The van der Waals surface area contributed by atoms with Crippen LogP contribution in [-0.2, 0) is 6.54 Å². The molecule has 0 aromatic heterocycles. The lowest BCUT2D eigenvalue weighted by atomic mass is 10.1. The van der Waals surface area contributed by atoms with Gasteiger partial charge in [0.2, 0.25) is 0 Å². The fourth-order valence-electron chi connectivity index (χ4n) is 4.81. The lowest BCUT2D eigenvalue weighted by Crippen LogP contribution is -2.53. The smallest absolute Gasteiger partial charge is 0.137 e. The van der Waals surface area contributed by atoms with Crippen molar-refractivity contribution in [2.45, 2.75) is 38.3 Å². The van der Waals surface area contributed by atoms with Gasteiger partial charge in [0.15, 0.2) is 0 Å². The zero-order valence-corrected chi connectivity index (χ0v) is 18.6. The van der Waals surface area contributed by atoms with Gasteiger partial charge in [-0.2, -0.15) is 0 Å². The van der Waals surface area contributed by atoms with Crippen LogP contribution < -0.4 is 4.74 Å². The molecule has 1 fully saturated rings. The van der Waals surface area contributed by atoms with Crippen molar-refractivity contribution in [3.05, 3.63) is 90.2 Å². The molecule has 0 radical (unpaired) electrons. The van der Waals surface area contributed by atoms with Crippen molar-refractivity contribution in [3.8, 4) is 16.9 Å². The van der Waals surface area contributed by atoms with E-state index in [1.54, 1.807) is 0 Å². The predicted octanol–water partition coefficient (Wildman–Crippen LogP) is 5.82. The minimum absolute atomic E-state index is 0.206. The van der Waals surface area contributed by atoms with Crippen molar-refractivity contribution < 1.29 is 18.7 Å². The summed E-state index contributed by atoms with van der Waals surface area (Å²) < 4.78 is 20.1. The van der Waals surface area contributed by atoms with E-state index in [4.69, 9.17) is 4.74 Å². The third-order valence-corrected chi connectivity index (χ3v) is 6.45. The topological polar surface area (TPSA) is 29.5 Å². The van der Waals surface area contributed by atoms with Crippen LogP contribution in [0.3, 0.4) is 0 Å². The lowest BCUT2D eigenvalue weighted by Gasteiger charge is -2.39. The zero-order chi connectivity index (χ0) is 22.2. The first kappa shape index (κ1) is 22.5. The first-order chi connectivity index (χ1) is 15.6. The summed E-state index contributed by atoms with van der Waals surface area (Å²) in [5.41, 5.74) is 3.44. The molecule has 3 nitrogen and oxygen atoms in total. The third-order valence-electron chi connectivity index (χ3n) is 6.45. The molecule has 1 saturated heterocycles. The molecule has 1 aliphatic rings. The number of aliphatic hydroxyl groups is 1. The van der Waals surface area contributed by atoms with Gasteiger partial charge in [-0.05, 0) is 61.1 Å². The van der Waals surface area contributed by atoms with Gasteiger partial charge in [-0.25, -0.2) is 4.39 Å². The second-order valence-corrected chi connectivity index (χ2v) is 9.03. The van der Waals surface area contributed by atoms with E-state index in [-0.39, 0.29) is 12.4 Å². The van der Waals surface area contributed by atoms with Crippen LogP contribution in [0.4, 0.5) is 4.39 Å². The fraction of sp³-hybridized carbons (Fsp3) is 0.357. The molecule has 3 aromatic carbocycles. The standard InChI is InChI=1S/C28H33FNO2/c29-26-14-10-23(11-15-26)20-30(18-6-1-2-7-19-30)21-27(31)22-32-28-16-12-25(13-17-28)24-8-4-3-5-9-24/h3-5,8-17,27,31H,1-2,6-7,18-22H2/q+1/t27-/m0/s1. The molecule has 1 aliphatic heterocycles. The Labute approximate surface area is 190 Å². The van der Waals surface area contributed by atoms with Gasteiger partial charge in [0, 0.05) is 5.56 Å². The van der Waals surface area contributed by atoms with Gasteiger partial charge in [-0.1, -0.05) is 54.6 Å². The number of benzene rings is 3. The molecule has 0 amide bonds. The third kappa shape index (κ3) is 6.18. The number of rotatable bonds is 8. The average Bonchev–Trinajstić information content (AvgIpc) is 3.05. The van der Waals surface area contributed by atoms with Crippen LogP contribution in [0, 0.1) is 5.82 Å². The number of nitrogens with zero attached hydrogens (tertiary/aromatic N) is 1. The van der Waals surface area contributed by atoms with E-state index in [0.29, 0.717) is 6.54 Å². The number of aliphatic hydroxyl groups excluding tert-OH is 1. The molecule has 168 valence electrons. The Morgan fingerprint density at radius 2 is 1.41 bits per heavy atom. The first-order valence-electron chi connectivity index (χ1n) is 11.7. The second kappa shape index (κ2) is 10.8. The summed E-state index contributed by atoms with van der Waals surface area (Å²) in [5, 5.41) is 10.9. The Morgan fingerprint density at radius 1 is 0.781 bits per heavy atom. The van der Waals surface area contributed by atoms with Crippen LogP contribution >= 0.6 is 0 Å². The normalized spacial score (nSPS) is 16.8. The van der Waals surface area contributed by atoms with E-state index >= 15 is 0 Å². The Hall–Kier alpha value is -2.69. The van der Waals surface area contributed by atoms with E-state index in [0.717, 1.165) is 53.8 Å². The van der Waals surface area contributed by atoms with Gasteiger partial charge in [0.05, 0.1) is 13.1 Å². The molecule has 0 saturated carbocycles. The summed E-state index contributed by atoms with van der Waals surface area (Å²) in [6.45, 7) is 3.83. The van der Waals surface area contributed by atoms with Gasteiger partial charge in [0.1, 0.15) is 37.4 Å². The highest BCUT2D eigenvalue weighted by atomic mass is 19.1. The van der Waals surface area contributed by atoms with Crippen molar-refractivity contribution >= 4 is 0 Å². The van der Waals surface area contributed by atoms with E-state index < -0.39 is 6.10 Å². The van der Waals surface area contributed by atoms with Crippen molar-refractivity contribution in [3.63, 3.8) is 0 Å². The Morgan fingerprint density at radius 3 is 2.06 bits per heavy atom. The molecular weight excluding hydrogens is 401 g/mol. The van der Waals surface area contributed by atoms with Crippen LogP contribution in [0.15, 0.2) is 78.9 Å². The molecule has 0 bridgehead atoms.